The van der Waals surface area contributed by atoms with Gasteiger partial charge in [-0.2, -0.15) is 0 Å². The first kappa shape index (κ1) is 19.2. The Kier molecular flexibility index (Phi) is 7.02. The molecule has 1 aromatic carbocycles. The van der Waals surface area contributed by atoms with Crippen LogP contribution < -0.4 is 5.73 Å². The van der Waals surface area contributed by atoms with Crippen LogP contribution in [0.2, 0.25) is 0 Å². The maximum Gasteiger partial charge on any atom is 0.252 e. The molecule has 1 aromatic rings. The smallest absolute Gasteiger partial charge is 0.252 e. The van der Waals surface area contributed by atoms with Crippen LogP contribution in [0.1, 0.15) is 44.1 Å². The van der Waals surface area contributed by atoms with Crippen molar-refractivity contribution in [2.75, 3.05) is 6.54 Å². The molecule has 0 unspecified atom stereocenters. The highest BCUT2D eigenvalue weighted by Crippen LogP contribution is 2.29. The van der Waals surface area contributed by atoms with Gasteiger partial charge in [0.05, 0.1) is 6.10 Å². The second kappa shape index (κ2) is 8.79. The van der Waals surface area contributed by atoms with Gasteiger partial charge in [0.15, 0.2) is 0 Å². The summed E-state index contributed by atoms with van der Waals surface area (Å²) in [4.78, 5) is 14.9. The van der Waals surface area contributed by atoms with Crippen molar-refractivity contribution in [3.63, 3.8) is 0 Å². The quantitative estimate of drug-likeness (QED) is 0.882. The van der Waals surface area contributed by atoms with E-state index in [1.54, 1.807) is 6.07 Å². The number of halogens is 2. The molecule has 0 aromatic heterocycles. The lowest BCUT2D eigenvalue weighted by Gasteiger charge is -2.31. The standard InChI is InChI=1S/C18H25FN2O2.ClH/c19-14-5-3-4-13(10-14)12-21(15-6-1-2-7-15)18(22)17-9-8-16(11-20)23-17;/h3-5,10,15-17H,1-2,6-9,11-12,20H2;1H/t16-,17+;/m1./s1. The largest absolute Gasteiger partial charge is 0.364 e. The summed E-state index contributed by atoms with van der Waals surface area (Å²) in [6.45, 7) is 0.908. The van der Waals surface area contributed by atoms with Crippen LogP contribution in [0.15, 0.2) is 24.3 Å². The van der Waals surface area contributed by atoms with Crippen LogP contribution in [0, 0.1) is 5.82 Å². The molecule has 2 N–H and O–H groups in total. The maximum absolute atomic E-state index is 13.5. The minimum absolute atomic E-state index is 0. The fourth-order valence-corrected chi connectivity index (χ4v) is 3.68. The first-order chi connectivity index (χ1) is 11.2. The molecule has 24 heavy (non-hydrogen) atoms. The zero-order valence-corrected chi connectivity index (χ0v) is 14.6. The Morgan fingerprint density at radius 3 is 2.62 bits per heavy atom. The molecular weight excluding hydrogens is 331 g/mol. The van der Waals surface area contributed by atoms with Crippen molar-refractivity contribution >= 4 is 18.3 Å². The van der Waals surface area contributed by atoms with Gasteiger partial charge >= 0.3 is 0 Å². The van der Waals surface area contributed by atoms with E-state index in [1.807, 2.05) is 11.0 Å². The average Bonchev–Trinajstić information content (AvgIpc) is 3.23. The molecule has 1 saturated carbocycles. The molecule has 2 aliphatic rings. The van der Waals surface area contributed by atoms with Gasteiger partial charge in [0.1, 0.15) is 11.9 Å². The van der Waals surface area contributed by atoms with E-state index in [0.29, 0.717) is 13.1 Å². The SMILES string of the molecule is Cl.NC[C@H]1CC[C@@H](C(=O)N(Cc2cccc(F)c2)C2CCCC2)O1. The highest BCUT2D eigenvalue weighted by molar-refractivity contribution is 5.85. The van der Waals surface area contributed by atoms with Gasteiger partial charge < -0.3 is 15.4 Å². The molecule has 0 radical (unpaired) electrons. The van der Waals surface area contributed by atoms with E-state index in [0.717, 1.165) is 44.1 Å². The average molecular weight is 357 g/mol. The van der Waals surface area contributed by atoms with E-state index in [1.165, 1.54) is 12.1 Å². The van der Waals surface area contributed by atoms with Gasteiger partial charge in [0, 0.05) is 19.1 Å². The lowest BCUT2D eigenvalue weighted by atomic mass is 10.1. The van der Waals surface area contributed by atoms with Gasteiger partial charge in [-0.25, -0.2) is 4.39 Å². The Hall–Kier alpha value is -1.17. The second-order valence-electron chi connectivity index (χ2n) is 6.59. The van der Waals surface area contributed by atoms with Crippen LogP contribution in [0.25, 0.3) is 0 Å². The molecular formula is C18H26ClFN2O2. The zero-order chi connectivity index (χ0) is 16.2. The first-order valence-electron chi connectivity index (χ1n) is 8.58. The number of hydrogen-bond donors (Lipinski definition) is 1. The van der Waals surface area contributed by atoms with Gasteiger partial charge in [-0.3, -0.25) is 4.79 Å². The van der Waals surface area contributed by atoms with E-state index >= 15 is 0 Å². The van der Waals surface area contributed by atoms with E-state index in [9.17, 15) is 9.18 Å². The monoisotopic (exact) mass is 356 g/mol. The third-order valence-electron chi connectivity index (χ3n) is 4.94. The molecule has 1 saturated heterocycles. The van der Waals surface area contributed by atoms with Crippen molar-refractivity contribution in [2.24, 2.45) is 5.73 Å². The molecule has 1 amide bonds. The van der Waals surface area contributed by atoms with Gasteiger partial charge in [-0.05, 0) is 43.4 Å². The van der Waals surface area contributed by atoms with Crippen LogP contribution in [0.5, 0.6) is 0 Å². The molecule has 3 rings (SSSR count). The van der Waals surface area contributed by atoms with Crippen LogP contribution in [-0.4, -0.2) is 35.6 Å². The fourth-order valence-electron chi connectivity index (χ4n) is 3.68. The lowest BCUT2D eigenvalue weighted by Crippen LogP contribution is -2.44. The van der Waals surface area contributed by atoms with Gasteiger partial charge in [0.2, 0.25) is 0 Å². The van der Waals surface area contributed by atoms with Crippen LogP contribution >= 0.6 is 12.4 Å². The molecule has 2 atom stereocenters. The summed E-state index contributed by atoms with van der Waals surface area (Å²) in [5, 5.41) is 0. The van der Waals surface area contributed by atoms with E-state index in [2.05, 4.69) is 0 Å². The second-order valence-corrected chi connectivity index (χ2v) is 6.59. The summed E-state index contributed by atoms with van der Waals surface area (Å²) in [5.41, 5.74) is 6.48. The van der Waals surface area contributed by atoms with Crippen LogP contribution in [0.3, 0.4) is 0 Å². The number of nitrogens with zero attached hydrogens (tertiary/aromatic N) is 1. The van der Waals surface area contributed by atoms with Crippen molar-refractivity contribution in [1.29, 1.82) is 0 Å². The van der Waals surface area contributed by atoms with Gasteiger partial charge in [-0.1, -0.05) is 25.0 Å². The van der Waals surface area contributed by atoms with Crippen molar-refractivity contribution in [3.8, 4) is 0 Å². The minimum atomic E-state index is -0.391. The molecule has 1 aliphatic heterocycles. The third kappa shape index (κ3) is 4.47. The number of rotatable bonds is 5. The van der Waals surface area contributed by atoms with Crippen molar-refractivity contribution in [2.45, 2.75) is 63.3 Å². The number of ether oxygens (including phenoxy) is 1. The molecule has 4 nitrogen and oxygen atoms in total. The van der Waals surface area contributed by atoms with E-state index < -0.39 is 6.10 Å². The molecule has 1 aliphatic carbocycles. The molecule has 2 fully saturated rings. The number of benzene rings is 1. The Labute approximate surface area is 148 Å². The van der Waals surface area contributed by atoms with Gasteiger partial charge in [0.25, 0.3) is 5.91 Å². The molecule has 0 bridgehead atoms. The lowest BCUT2D eigenvalue weighted by molar-refractivity contribution is -0.145. The highest BCUT2D eigenvalue weighted by atomic mass is 35.5. The summed E-state index contributed by atoms with van der Waals surface area (Å²) in [6, 6.07) is 6.74. The topological polar surface area (TPSA) is 55.6 Å². The number of carbonyl (C=O) groups is 1. The third-order valence-corrected chi connectivity index (χ3v) is 4.94. The normalized spacial score (nSPS) is 23.9. The summed E-state index contributed by atoms with van der Waals surface area (Å²) >= 11 is 0. The zero-order valence-electron chi connectivity index (χ0n) is 13.8. The number of amides is 1. The minimum Gasteiger partial charge on any atom is -0.364 e. The predicted octanol–water partition coefficient (Wildman–Crippen LogP) is 3.03. The maximum atomic E-state index is 13.5. The van der Waals surface area contributed by atoms with Crippen LogP contribution in [0.4, 0.5) is 4.39 Å². The molecule has 6 heteroatoms. The van der Waals surface area contributed by atoms with Crippen LogP contribution in [-0.2, 0) is 16.1 Å². The molecule has 1 heterocycles. The van der Waals surface area contributed by atoms with Crippen molar-refractivity contribution < 1.29 is 13.9 Å². The van der Waals surface area contributed by atoms with E-state index in [4.69, 9.17) is 10.5 Å². The Morgan fingerprint density at radius 2 is 2.00 bits per heavy atom. The molecule has 0 spiro atoms. The van der Waals surface area contributed by atoms with E-state index in [-0.39, 0.29) is 36.3 Å². The summed E-state index contributed by atoms with van der Waals surface area (Å²) < 4.78 is 19.2. The summed E-state index contributed by atoms with van der Waals surface area (Å²) in [6.07, 6.45) is 5.50. The number of carbonyl (C=O) groups excluding carboxylic acids is 1. The summed E-state index contributed by atoms with van der Waals surface area (Å²) in [7, 11) is 0. The highest BCUT2D eigenvalue weighted by Gasteiger charge is 2.36. The van der Waals surface area contributed by atoms with Crippen molar-refractivity contribution in [3.05, 3.63) is 35.6 Å². The number of hydrogen-bond acceptors (Lipinski definition) is 3. The fraction of sp³-hybridized carbons (Fsp3) is 0.611. The Bertz CT molecular complexity index is 552. The number of nitrogens with two attached hydrogens (primary N) is 1. The Balaban J connectivity index is 0.00000208. The predicted molar refractivity (Wildman–Crippen MR) is 93.4 cm³/mol. The van der Waals surface area contributed by atoms with Gasteiger partial charge in [-0.15, -0.1) is 12.4 Å². The summed E-state index contributed by atoms with van der Waals surface area (Å²) in [5.74, 6) is -0.223. The molecule has 134 valence electrons. The Morgan fingerprint density at radius 1 is 1.25 bits per heavy atom. The van der Waals surface area contributed by atoms with Crippen molar-refractivity contribution in [1.82, 2.24) is 4.90 Å². The first-order valence-corrected chi connectivity index (χ1v) is 8.58.